The minimum absolute atomic E-state index is 0.0521. The van der Waals surface area contributed by atoms with Gasteiger partial charge in [0.05, 0.1) is 24.1 Å². The zero-order valence-corrected chi connectivity index (χ0v) is 14.6. The van der Waals surface area contributed by atoms with Crippen LogP contribution in [0.3, 0.4) is 0 Å². The quantitative estimate of drug-likeness (QED) is 0.834. The fourth-order valence-corrected chi connectivity index (χ4v) is 4.87. The van der Waals surface area contributed by atoms with Gasteiger partial charge in [-0.3, -0.25) is 9.69 Å². The predicted molar refractivity (Wildman–Crippen MR) is 92.1 cm³/mol. The molecule has 2 atom stereocenters. The van der Waals surface area contributed by atoms with E-state index in [0.717, 1.165) is 36.1 Å². The second kappa shape index (κ2) is 6.32. The summed E-state index contributed by atoms with van der Waals surface area (Å²) >= 11 is 3.20. The van der Waals surface area contributed by atoms with E-state index >= 15 is 0 Å². The van der Waals surface area contributed by atoms with E-state index in [1.54, 1.807) is 22.7 Å². The molecule has 0 saturated carbocycles. The van der Waals surface area contributed by atoms with Gasteiger partial charge in [-0.05, 0) is 18.5 Å². The third kappa shape index (κ3) is 3.06. The number of rotatable bonds is 2. The number of carbonyl (C=O) groups is 1. The van der Waals surface area contributed by atoms with Gasteiger partial charge >= 0.3 is 0 Å². The molecular weight excluding hydrogens is 330 g/mol. The number of fused-ring (bicyclic) bond motifs is 3. The summed E-state index contributed by atoms with van der Waals surface area (Å²) in [5, 5.41) is 4.85. The molecule has 5 nitrogen and oxygen atoms in total. The molecular formula is C16H19N3O2S2. The minimum atomic E-state index is 0.0521. The van der Waals surface area contributed by atoms with Crippen molar-refractivity contribution in [3.05, 3.63) is 28.6 Å². The Morgan fingerprint density at radius 3 is 3.04 bits per heavy atom. The van der Waals surface area contributed by atoms with E-state index in [0.29, 0.717) is 18.2 Å². The highest BCUT2D eigenvalue weighted by Crippen LogP contribution is 2.28. The van der Waals surface area contributed by atoms with Gasteiger partial charge in [-0.1, -0.05) is 6.07 Å². The van der Waals surface area contributed by atoms with E-state index in [1.807, 2.05) is 27.8 Å². The van der Waals surface area contributed by atoms with Gasteiger partial charge in [0.1, 0.15) is 10.7 Å². The molecule has 7 heteroatoms. The van der Waals surface area contributed by atoms with Crippen LogP contribution in [0.5, 0.6) is 0 Å². The number of nitrogens with zero attached hydrogens (tertiary/aromatic N) is 3. The fraction of sp³-hybridized carbons (Fsp3) is 0.500. The monoisotopic (exact) mass is 349 g/mol. The zero-order chi connectivity index (χ0) is 15.8. The summed E-state index contributed by atoms with van der Waals surface area (Å²) in [4.78, 5) is 22.9. The number of thiazole rings is 1. The average molecular weight is 349 g/mol. The minimum Gasteiger partial charge on any atom is -0.379 e. The van der Waals surface area contributed by atoms with Crippen LogP contribution in [0.15, 0.2) is 22.9 Å². The van der Waals surface area contributed by atoms with Gasteiger partial charge in [0.2, 0.25) is 0 Å². The normalized spacial score (nSPS) is 25.3. The second-order valence-electron chi connectivity index (χ2n) is 6.22. The molecule has 2 fully saturated rings. The summed E-state index contributed by atoms with van der Waals surface area (Å²) in [5.74, 6) is 0.433. The lowest BCUT2D eigenvalue weighted by Gasteiger charge is -2.29. The van der Waals surface area contributed by atoms with Gasteiger partial charge in [0.25, 0.3) is 5.91 Å². The first-order valence-electron chi connectivity index (χ1n) is 7.77. The van der Waals surface area contributed by atoms with Crippen LogP contribution in [0.25, 0.3) is 9.88 Å². The van der Waals surface area contributed by atoms with Crippen molar-refractivity contribution >= 4 is 28.6 Å². The Morgan fingerprint density at radius 1 is 1.30 bits per heavy atom. The number of hydrogen-bond donors (Lipinski definition) is 0. The summed E-state index contributed by atoms with van der Waals surface area (Å²) in [7, 11) is 2.12. The van der Waals surface area contributed by atoms with Crippen molar-refractivity contribution in [1.82, 2.24) is 14.8 Å². The van der Waals surface area contributed by atoms with Crippen LogP contribution < -0.4 is 0 Å². The lowest BCUT2D eigenvalue weighted by Crippen LogP contribution is -2.44. The molecule has 0 aromatic carbocycles. The fourth-order valence-electron chi connectivity index (χ4n) is 3.26. The number of likely N-dealkylation sites (N-methyl/N-ethyl adjacent to an activating group) is 1. The number of hydrogen-bond acceptors (Lipinski definition) is 6. The first-order valence-corrected chi connectivity index (χ1v) is 9.53. The maximum absolute atomic E-state index is 12.9. The Bertz CT molecular complexity index is 685. The van der Waals surface area contributed by atoms with E-state index in [2.05, 4.69) is 16.9 Å². The highest BCUT2D eigenvalue weighted by atomic mass is 32.1. The molecule has 2 aliphatic heterocycles. The topological polar surface area (TPSA) is 45.7 Å². The maximum atomic E-state index is 12.9. The Morgan fingerprint density at radius 2 is 2.22 bits per heavy atom. The molecule has 0 radical (unpaired) electrons. The molecule has 2 aromatic rings. The Hall–Kier alpha value is -1.28. The number of thiophene rings is 1. The highest BCUT2D eigenvalue weighted by molar-refractivity contribution is 7.20. The van der Waals surface area contributed by atoms with Gasteiger partial charge in [0, 0.05) is 30.9 Å². The first-order chi connectivity index (χ1) is 11.2. The predicted octanol–water partition coefficient (Wildman–Crippen LogP) is 2.27. The molecule has 2 saturated heterocycles. The number of ether oxygens (including phenoxy) is 1. The summed E-state index contributed by atoms with van der Waals surface area (Å²) in [5.41, 5.74) is 0.571. The van der Waals surface area contributed by atoms with Crippen molar-refractivity contribution in [3.8, 4) is 9.88 Å². The van der Waals surface area contributed by atoms with Crippen LogP contribution in [0, 0.1) is 5.92 Å². The van der Waals surface area contributed by atoms with Gasteiger partial charge in [0.15, 0.2) is 0 Å². The molecule has 2 aliphatic rings. The number of aromatic nitrogens is 1. The van der Waals surface area contributed by atoms with Crippen LogP contribution in [-0.2, 0) is 4.74 Å². The molecule has 4 heterocycles. The second-order valence-corrected chi connectivity index (χ2v) is 8.03. The molecule has 23 heavy (non-hydrogen) atoms. The summed E-state index contributed by atoms with van der Waals surface area (Å²) in [6.45, 7) is 3.91. The van der Waals surface area contributed by atoms with Crippen LogP contribution in [0.2, 0.25) is 0 Å². The third-order valence-corrected chi connectivity index (χ3v) is 6.37. The summed E-state index contributed by atoms with van der Waals surface area (Å²) in [6.07, 6.45) is 0. The maximum Gasteiger partial charge on any atom is 0.273 e. The lowest BCUT2D eigenvalue weighted by atomic mass is 10.1. The SMILES string of the molecule is CN1C[C@H]2COC[C@@H]1CN(C(=O)c1csc(-c3cccs3)n1)C2. The lowest BCUT2D eigenvalue weighted by molar-refractivity contribution is 0.0430. The summed E-state index contributed by atoms with van der Waals surface area (Å²) < 4.78 is 5.73. The van der Waals surface area contributed by atoms with E-state index in [9.17, 15) is 4.79 Å². The molecule has 0 spiro atoms. The Labute approximate surface area is 143 Å². The smallest absolute Gasteiger partial charge is 0.273 e. The van der Waals surface area contributed by atoms with Crippen LogP contribution in [-0.4, -0.2) is 66.6 Å². The van der Waals surface area contributed by atoms with Crippen molar-refractivity contribution in [1.29, 1.82) is 0 Å². The zero-order valence-electron chi connectivity index (χ0n) is 13.0. The molecule has 0 unspecified atom stereocenters. The number of amides is 1. The van der Waals surface area contributed by atoms with Gasteiger partial charge in [-0.25, -0.2) is 4.98 Å². The van der Waals surface area contributed by atoms with Crippen LogP contribution >= 0.6 is 22.7 Å². The molecule has 0 N–H and O–H groups in total. The molecule has 1 amide bonds. The van der Waals surface area contributed by atoms with Crippen molar-refractivity contribution < 1.29 is 9.53 Å². The molecule has 2 aromatic heterocycles. The van der Waals surface area contributed by atoms with Gasteiger partial charge < -0.3 is 9.64 Å². The number of carbonyl (C=O) groups excluding carboxylic acids is 1. The van der Waals surface area contributed by atoms with Gasteiger partial charge in [-0.2, -0.15) is 0 Å². The summed E-state index contributed by atoms with van der Waals surface area (Å²) in [6, 6.07) is 4.33. The third-order valence-electron chi connectivity index (χ3n) is 4.49. The van der Waals surface area contributed by atoms with E-state index in [1.165, 1.54) is 0 Å². The average Bonchev–Trinajstić information content (AvgIpc) is 3.14. The Balaban J connectivity index is 1.55. The van der Waals surface area contributed by atoms with Gasteiger partial charge in [-0.15, -0.1) is 22.7 Å². The van der Waals surface area contributed by atoms with E-state index in [-0.39, 0.29) is 11.9 Å². The molecule has 122 valence electrons. The van der Waals surface area contributed by atoms with Crippen molar-refractivity contribution in [2.75, 3.05) is 39.9 Å². The largest absolute Gasteiger partial charge is 0.379 e. The van der Waals surface area contributed by atoms with E-state index in [4.69, 9.17) is 4.74 Å². The van der Waals surface area contributed by atoms with Crippen LogP contribution in [0.4, 0.5) is 0 Å². The molecule has 4 rings (SSSR count). The Kier molecular flexibility index (Phi) is 4.19. The standard InChI is InChI=1S/C16H19N3O2S2/c1-18-5-11-6-19(7-12(18)9-21-8-11)16(20)13-10-23-15(17-13)14-3-2-4-22-14/h2-4,10-12H,5-9H2,1H3/t11-,12+/m1/s1. The van der Waals surface area contributed by atoms with Crippen molar-refractivity contribution in [2.45, 2.75) is 6.04 Å². The first kappa shape index (κ1) is 15.3. The highest BCUT2D eigenvalue weighted by Gasteiger charge is 2.34. The molecule has 0 aliphatic carbocycles. The van der Waals surface area contributed by atoms with Crippen LogP contribution in [0.1, 0.15) is 10.5 Å². The van der Waals surface area contributed by atoms with Crippen molar-refractivity contribution in [2.24, 2.45) is 5.92 Å². The molecule has 2 bridgehead atoms. The van der Waals surface area contributed by atoms with Crippen molar-refractivity contribution in [3.63, 3.8) is 0 Å². The van der Waals surface area contributed by atoms with E-state index < -0.39 is 0 Å².